The van der Waals surface area contributed by atoms with E-state index in [4.69, 9.17) is 11.6 Å². The third kappa shape index (κ3) is 3.45. The molecule has 2 aromatic rings. The molecule has 27 heavy (non-hydrogen) atoms. The molecule has 0 radical (unpaired) electrons. The van der Waals surface area contributed by atoms with E-state index in [1.165, 1.54) is 24.2 Å². The third-order valence-electron chi connectivity index (χ3n) is 6.81. The number of carbonyl (C=O) groups excluding carboxylic acids is 1. The Kier molecular flexibility index (Phi) is 4.37. The Balaban J connectivity index is 1.26. The quantitative estimate of drug-likeness (QED) is 0.745. The van der Waals surface area contributed by atoms with Crippen molar-refractivity contribution >= 4 is 28.7 Å². The molecule has 0 aromatic carbocycles. The monoisotopic (exact) mass is 402 g/mol. The summed E-state index contributed by atoms with van der Waals surface area (Å²) in [6.45, 7) is 0. The number of aliphatic hydroxyl groups is 1. The molecule has 2 unspecified atom stereocenters. The van der Waals surface area contributed by atoms with Crippen LogP contribution in [0.25, 0.3) is 0 Å². The van der Waals surface area contributed by atoms with Gasteiger partial charge in [0.25, 0.3) is 0 Å². The van der Waals surface area contributed by atoms with Gasteiger partial charge in [0.1, 0.15) is 0 Å². The lowest BCUT2D eigenvalue weighted by molar-refractivity contribution is -0.151. The number of hydrogen-bond donors (Lipinski definition) is 1. The van der Waals surface area contributed by atoms with Gasteiger partial charge in [0.2, 0.25) is 0 Å². The lowest BCUT2D eigenvalue weighted by Crippen LogP contribution is -2.54. The van der Waals surface area contributed by atoms with Crippen LogP contribution >= 0.6 is 22.9 Å². The van der Waals surface area contributed by atoms with Crippen molar-refractivity contribution < 1.29 is 9.90 Å². The Morgan fingerprint density at radius 2 is 1.96 bits per heavy atom. The summed E-state index contributed by atoms with van der Waals surface area (Å²) in [5, 5.41) is 12.3. The van der Waals surface area contributed by atoms with Crippen molar-refractivity contribution in [3.63, 3.8) is 0 Å². The van der Waals surface area contributed by atoms with Crippen LogP contribution in [-0.2, 0) is 6.42 Å². The van der Waals surface area contributed by atoms with Crippen LogP contribution in [0.2, 0.25) is 5.02 Å². The maximum atomic E-state index is 12.9. The maximum absolute atomic E-state index is 12.9. The predicted molar refractivity (Wildman–Crippen MR) is 105 cm³/mol. The van der Waals surface area contributed by atoms with Crippen LogP contribution in [0.3, 0.4) is 0 Å². The average molecular weight is 403 g/mol. The van der Waals surface area contributed by atoms with Crippen LogP contribution in [-0.4, -0.2) is 26.5 Å². The van der Waals surface area contributed by atoms with E-state index >= 15 is 0 Å². The van der Waals surface area contributed by atoms with Gasteiger partial charge in [-0.15, -0.1) is 11.3 Å². The fourth-order valence-electron chi connectivity index (χ4n) is 5.92. The van der Waals surface area contributed by atoms with E-state index in [1.54, 1.807) is 12.4 Å². The first-order valence-corrected chi connectivity index (χ1v) is 11.0. The summed E-state index contributed by atoms with van der Waals surface area (Å²) < 4.78 is 0. The zero-order chi connectivity index (χ0) is 18.6. The van der Waals surface area contributed by atoms with Crippen molar-refractivity contribution in [3.8, 4) is 0 Å². The Bertz CT molecular complexity index is 849. The predicted octanol–water partition coefficient (Wildman–Crippen LogP) is 4.54. The van der Waals surface area contributed by atoms with Crippen molar-refractivity contribution in [3.05, 3.63) is 45.1 Å². The average Bonchev–Trinajstić information content (AvgIpc) is 3.07. The number of halogens is 1. The first-order valence-electron chi connectivity index (χ1n) is 9.78. The van der Waals surface area contributed by atoms with Crippen molar-refractivity contribution in [1.82, 2.24) is 9.97 Å². The van der Waals surface area contributed by atoms with Crippen LogP contribution in [0, 0.1) is 23.7 Å². The second kappa shape index (κ2) is 6.64. The van der Waals surface area contributed by atoms with Crippen LogP contribution in [0.1, 0.15) is 58.9 Å². The second-order valence-electron chi connectivity index (χ2n) is 8.75. The molecule has 142 valence electrons. The van der Waals surface area contributed by atoms with Crippen LogP contribution in [0.5, 0.6) is 0 Å². The van der Waals surface area contributed by atoms with E-state index in [0.717, 1.165) is 34.8 Å². The van der Waals surface area contributed by atoms with Gasteiger partial charge in [0.05, 0.1) is 20.5 Å². The fourth-order valence-corrected chi connectivity index (χ4v) is 6.92. The highest BCUT2D eigenvalue weighted by atomic mass is 35.5. The minimum absolute atomic E-state index is 0.215. The molecular weight excluding hydrogens is 380 g/mol. The molecule has 0 aliphatic heterocycles. The molecule has 2 aromatic heterocycles. The summed E-state index contributed by atoms with van der Waals surface area (Å²) in [4.78, 5) is 22.4. The van der Waals surface area contributed by atoms with Gasteiger partial charge in [-0.1, -0.05) is 11.6 Å². The Morgan fingerprint density at radius 3 is 2.63 bits per heavy atom. The zero-order valence-corrected chi connectivity index (χ0v) is 16.7. The molecule has 0 amide bonds. The standard InChI is InChI=1S/C21H23ClN2O2S/c22-15-1-2-16(23-10-15)5-20-24-11-19(27-20)18(25)6-17-13-3-12-4-14(17)9-21(26,7-12)8-13/h1-2,10-14,17,26H,3-9H2. The van der Waals surface area contributed by atoms with Gasteiger partial charge in [-0.05, 0) is 67.9 Å². The van der Waals surface area contributed by atoms with Gasteiger partial charge in [0.15, 0.2) is 5.78 Å². The van der Waals surface area contributed by atoms with Gasteiger partial charge >= 0.3 is 0 Å². The molecule has 2 atom stereocenters. The topological polar surface area (TPSA) is 63.1 Å². The van der Waals surface area contributed by atoms with E-state index in [0.29, 0.717) is 41.5 Å². The highest BCUT2D eigenvalue weighted by Gasteiger charge is 2.54. The van der Waals surface area contributed by atoms with Crippen molar-refractivity contribution in [2.24, 2.45) is 23.7 Å². The van der Waals surface area contributed by atoms with Crippen LogP contribution in [0.15, 0.2) is 24.5 Å². The molecule has 4 saturated carbocycles. The van der Waals surface area contributed by atoms with E-state index in [9.17, 15) is 9.90 Å². The maximum Gasteiger partial charge on any atom is 0.174 e. The normalized spacial score (nSPS) is 34.1. The summed E-state index contributed by atoms with van der Waals surface area (Å²) >= 11 is 7.36. The highest BCUT2D eigenvalue weighted by Crippen LogP contribution is 2.59. The SMILES string of the molecule is O=C(CC1C2CC3CC1CC(O)(C3)C2)c1cnc(Cc2ccc(Cl)cn2)s1. The molecule has 4 aliphatic rings. The summed E-state index contributed by atoms with van der Waals surface area (Å²) in [6, 6.07) is 3.72. The minimum atomic E-state index is -0.431. The number of ketones is 1. The molecule has 4 nitrogen and oxygen atoms in total. The molecule has 4 bridgehead atoms. The molecule has 4 aliphatic carbocycles. The van der Waals surface area contributed by atoms with Crippen LogP contribution in [0.4, 0.5) is 0 Å². The molecular formula is C21H23ClN2O2S. The molecule has 0 saturated heterocycles. The van der Waals surface area contributed by atoms with Crippen molar-refractivity contribution in [2.75, 3.05) is 0 Å². The first-order chi connectivity index (χ1) is 13.0. The van der Waals surface area contributed by atoms with Crippen molar-refractivity contribution in [2.45, 2.75) is 50.5 Å². The first kappa shape index (κ1) is 17.8. The van der Waals surface area contributed by atoms with Gasteiger partial charge in [0, 0.05) is 30.9 Å². The van der Waals surface area contributed by atoms with Gasteiger partial charge < -0.3 is 5.11 Å². The fraction of sp³-hybridized carbons (Fsp3) is 0.571. The minimum Gasteiger partial charge on any atom is -0.390 e. The summed E-state index contributed by atoms with van der Waals surface area (Å²) in [5.74, 6) is 2.39. The van der Waals surface area contributed by atoms with Gasteiger partial charge in [-0.25, -0.2) is 4.98 Å². The van der Waals surface area contributed by atoms with Gasteiger partial charge in [-0.2, -0.15) is 0 Å². The number of pyridine rings is 1. The number of hydrogen-bond acceptors (Lipinski definition) is 5. The summed E-state index contributed by atoms with van der Waals surface area (Å²) in [7, 11) is 0. The Hall–Kier alpha value is -1.30. The third-order valence-corrected chi connectivity index (χ3v) is 8.07. The largest absolute Gasteiger partial charge is 0.390 e. The number of thiazole rings is 1. The molecule has 0 spiro atoms. The molecule has 6 heteroatoms. The number of rotatable bonds is 5. The van der Waals surface area contributed by atoms with E-state index in [1.807, 2.05) is 12.1 Å². The number of Topliss-reactive ketones (excluding diaryl/α,β-unsaturated/α-hetero) is 1. The Labute approximate surface area is 168 Å². The number of aromatic nitrogens is 2. The smallest absolute Gasteiger partial charge is 0.174 e. The number of nitrogens with zero attached hydrogens (tertiary/aromatic N) is 2. The van der Waals surface area contributed by atoms with Crippen LogP contribution < -0.4 is 0 Å². The second-order valence-corrected chi connectivity index (χ2v) is 10.3. The Morgan fingerprint density at radius 1 is 1.19 bits per heavy atom. The molecule has 6 rings (SSSR count). The summed E-state index contributed by atoms with van der Waals surface area (Å²) in [6.07, 6.45) is 9.77. The van der Waals surface area contributed by atoms with E-state index in [2.05, 4.69) is 9.97 Å². The highest BCUT2D eigenvalue weighted by molar-refractivity contribution is 7.13. The summed E-state index contributed by atoms with van der Waals surface area (Å²) in [5.41, 5.74) is 0.473. The van der Waals surface area contributed by atoms with E-state index in [-0.39, 0.29) is 5.78 Å². The lowest BCUT2D eigenvalue weighted by Gasteiger charge is -2.58. The zero-order valence-electron chi connectivity index (χ0n) is 15.1. The molecule has 1 N–H and O–H groups in total. The molecule has 2 heterocycles. The van der Waals surface area contributed by atoms with E-state index < -0.39 is 5.60 Å². The lowest BCUT2D eigenvalue weighted by atomic mass is 9.49. The van der Waals surface area contributed by atoms with Crippen molar-refractivity contribution in [1.29, 1.82) is 0 Å². The molecule has 4 fully saturated rings. The number of carbonyl (C=O) groups is 1. The van der Waals surface area contributed by atoms with Gasteiger partial charge in [-0.3, -0.25) is 9.78 Å².